The number of aromatic nitrogens is 2. The predicted molar refractivity (Wildman–Crippen MR) is 89.8 cm³/mol. The molecule has 110 valence electrons. The van der Waals surface area contributed by atoms with Crippen molar-refractivity contribution in [2.75, 3.05) is 5.32 Å². The summed E-state index contributed by atoms with van der Waals surface area (Å²) in [6.45, 7) is 0. The zero-order chi connectivity index (χ0) is 15.5. The van der Waals surface area contributed by atoms with E-state index in [0.29, 0.717) is 15.7 Å². The van der Waals surface area contributed by atoms with Crippen LogP contribution in [0.25, 0.3) is 11.3 Å². The molecule has 1 aromatic carbocycles. The number of benzene rings is 1. The molecule has 7 heteroatoms. The van der Waals surface area contributed by atoms with Gasteiger partial charge in [-0.2, -0.15) is 0 Å². The van der Waals surface area contributed by atoms with Crippen LogP contribution < -0.4 is 5.32 Å². The predicted octanol–water partition coefficient (Wildman–Crippen LogP) is 4.76. The molecule has 2 aromatic heterocycles. The van der Waals surface area contributed by atoms with Crippen LogP contribution in [0.4, 0.5) is 5.13 Å². The highest BCUT2D eigenvalue weighted by Crippen LogP contribution is 2.28. The lowest BCUT2D eigenvalue weighted by Gasteiger charge is -2.05. The first-order chi connectivity index (χ1) is 10.6. The number of carbonyl (C=O) groups is 1. The monoisotopic (exact) mass is 349 g/mol. The molecule has 2 heterocycles. The summed E-state index contributed by atoms with van der Waals surface area (Å²) in [4.78, 5) is 20.6. The van der Waals surface area contributed by atoms with Gasteiger partial charge in [-0.25, -0.2) is 4.98 Å². The van der Waals surface area contributed by atoms with Crippen LogP contribution >= 0.6 is 34.5 Å². The fourth-order valence-corrected chi connectivity index (χ4v) is 2.92. The fraction of sp³-hybridized carbons (Fsp3) is 0. The number of rotatable bonds is 3. The maximum Gasteiger partial charge on any atom is 0.259 e. The quantitative estimate of drug-likeness (QED) is 0.741. The van der Waals surface area contributed by atoms with E-state index in [1.54, 1.807) is 30.6 Å². The first kappa shape index (κ1) is 15.0. The Labute approximate surface area is 140 Å². The Morgan fingerprint density at radius 2 is 2.05 bits per heavy atom. The lowest BCUT2D eigenvalue weighted by molar-refractivity contribution is 0.102. The molecule has 0 saturated heterocycles. The van der Waals surface area contributed by atoms with Crippen molar-refractivity contribution in [2.45, 2.75) is 0 Å². The zero-order valence-corrected chi connectivity index (χ0v) is 13.4. The van der Waals surface area contributed by atoms with Gasteiger partial charge in [-0.15, -0.1) is 11.3 Å². The van der Waals surface area contributed by atoms with Crippen molar-refractivity contribution in [2.24, 2.45) is 0 Å². The molecule has 1 amide bonds. The van der Waals surface area contributed by atoms with Crippen molar-refractivity contribution in [1.29, 1.82) is 0 Å². The van der Waals surface area contributed by atoms with E-state index in [1.807, 2.05) is 17.5 Å². The third kappa shape index (κ3) is 3.11. The molecule has 0 spiro atoms. The van der Waals surface area contributed by atoms with Crippen molar-refractivity contribution in [1.82, 2.24) is 9.97 Å². The average molecular weight is 350 g/mol. The SMILES string of the molecule is O=C(Nc1nc(-c2cccnc2)cs1)c1cccc(Cl)c1Cl. The summed E-state index contributed by atoms with van der Waals surface area (Å²) in [5.41, 5.74) is 1.96. The maximum atomic E-state index is 12.2. The molecule has 0 aliphatic rings. The zero-order valence-electron chi connectivity index (χ0n) is 11.1. The van der Waals surface area contributed by atoms with Crippen molar-refractivity contribution in [3.8, 4) is 11.3 Å². The van der Waals surface area contributed by atoms with E-state index < -0.39 is 0 Å². The Bertz CT molecular complexity index is 821. The van der Waals surface area contributed by atoms with E-state index >= 15 is 0 Å². The number of nitrogens with one attached hydrogen (secondary N) is 1. The smallest absolute Gasteiger partial charge is 0.259 e. The Balaban J connectivity index is 1.81. The summed E-state index contributed by atoms with van der Waals surface area (Å²) < 4.78 is 0. The second-order valence-corrected chi connectivity index (χ2v) is 5.98. The van der Waals surface area contributed by atoms with Gasteiger partial charge in [0.15, 0.2) is 5.13 Å². The second kappa shape index (κ2) is 6.44. The normalized spacial score (nSPS) is 10.5. The largest absolute Gasteiger partial charge is 0.298 e. The van der Waals surface area contributed by atoms with Gasteiger partial charge in [-0.05, 0) is 24.3 Å². The number of nitrogens with zero attached hydrogens (tertiary/aromatic N) is 2. The Hall–Kier alpha value is -1.95. The van der Waals surface area contributed by atoms with Crippen LogP contribution in [0.2, 0.25) is 10.0 Å². The third-order valence-corrected chi connectivity index (χ3v) is 4.45. The highest BCUT2D eigenvalue weighted by Gasteiger charge is 2.14. The number of halogens is 2. The summed E-state index contributed by atoms with van der Waals surface area (Å²) >= 11 is 13.3. The van der Waals surface area contributed by atoms with Gasteiger partial charge in [0.1, 0.15) is 0 Å². The average Bonchev–Trinajstić information content (AvgIpc) is 2.99. The minimum atomic E-state index is -0.348. The molecule has 3 aromatic rings. The molecule has 0 bridgehead atoms. The van der Waals surface area contributed by atoms with E-state index in [0.717, 1.165) is 11.3 Å². The molecule has 3 rings (SSSR count). The van der Waals surface area contributed by atoms with Gasteiger partial charge in [0.2, 0.25) is 0 Å². The molecule has 22 heavy (non-hydrogen) atoms. The maximum absolute atomic E-state index is 12.2. The van der Waals surface area contributed by atoms with Gasteiger partial charge >= 0.3 is 0 Å². The van der Waals surface area contributed by atoms with Gasteiger partial charge in [0.25, 0.3) is 5.91 Å². The number of carbonyl (C=O) groups excluding carboxylic acids is 1. The molecule has 0 fully saturated rings. The highest BCUT2D eigenvalue weighted by atomic mass is 35.5. The number of hydrogen-bond donors (Lipinski definition) is 1. The first-order valence-corrected chi connectivity index (χ1v) is 7.90. The van der Waals surface area contributed by atoms with Gasteiger partial charge in [0, 0.05) is 23.3 Å². The van der Waals surface area contributed by atoms with E-state index in [4.69, 9.17) is 23.2 Å². The number of thiazole rings is 1. The van der Waals surface area contributed by atoms with E-state index in [2.05, 4.69) is 15.3 Å². The van der Waals surface area contributed by atoms with Gasteiger partial charge in [-0.3, -0.25) is 15.1 Å². The minimum absolute atomic E-state index is 0.228. The Morgan fingerprint density at radius 1 is 1.18 bits per heavy atom. The van der Waals surface area contributed by atoms with E-state index in [-0.39, 0.29) is 10.9 Å². The minimum Gasteiger partial charge on any atom is -0.298 e. The molecule has 4 nitrogen and oxygen atoms in total. The summed E-state index contributed by atoms with van der Waals surface area (Å²) in [5, 5.41) is 5.63. The molecule has 0 atom stereocenters. The van der Waals surface area contributed by atoms with Crippen LogP contribution in [-0.2, 0) is 0 Å². The fourth-order valence-electron chi connectivity index (χ4n) is 1.82. The molecule has 0 unspecified atom stereocenters. The van der Waals surface area contributed by atoms with Gasteiger partial charge in [-0.1, -0.05) is 29.3 Å². The Kier molecular flexibility index (Phi) is 4.38. The number of amides is 1. The number of pyridine rings is 1. The van der Waals surface area contributed by atoms with Crippen LogP contribution in [0.1, 0.15) is 10.4 Å². The molecule has 0 saturated carbocycles. The second-order valence-electron chi connectivity index (χ2n) is 4.34. The van der Waals surface area contributed by atoms with Gasteiger partial charge in [0.05, 0.1) is 21.3 Å². The standard InChI is InChI=1S/C15H9Cl2N3OS/c16-11-5-1-4-10(13(11)17)14(21)20-15-19-12(8-22-15)9-3-2-6-18-7-9/h1-8H,(H,19,20,21). The number of anilines is 1. The first-order valence-electron chi connectivity index (χ1n) is 6.26. The third-order valence-electron chi connectivity index (χ3n) is 2.88. The molecule has 0 aliphatic carbocycles. The topological polar surface area (TPSA) is 54.9 Å². The van der Waals surface area contributed by atoms with Crippen LogP contribution in [-0.4, -0.2) is 15.9 Å². The number of hydrogen-bond acceptors (Lipinski definition) is 4. The summed E-state index contributed by atoms with van der Waals surface area (Å²) in [7, 11) is 0. The highest BCUT2D eigenvalue weighted by molar-refractivity contribution is 7.14. The van der Waals surface area contributed by atoms with Crippen LogP contribution in [0.15, 0.2) is 48.1 Å². The van der Waals surface area contributed by atoms with E-state index in [9.17, 15) is 4.79 Å². The van der Waals surface area contributed by atoms with Crippen LogP contribution in [0, 0.1) is 0 Å². The molecular weight excluding hydrogens is 341 g/mol. The Morgan fingerprint density at radius 3 is 2.82 bits per heavy atom. The van der Waals surface area contributed by atoms with Crippen LogP contribution in [0.3, 0.4) is 0 Å². The molecule has 0 radical (unpaired) electrons. The summed E-state index contributed by atoms with van der Waals surface area (Å²) in [6.07, 6.45) is 3.41. The van der Waals surface area contributed by atoms with Crippen molar-refractivity contribution < 1.29 is 4.79 Å². The lowest BCUT2D eigenvalue weighted by atomic mass is 10.2. The van der Waals surface area contributed by atoms with Gasteiger partial charge < -0.3 is 0 Å². The summed E-state index contributed by atoms with van der Waals surface area (Å²) in [6, 6.07) is 8.65. The van der Waals surface area contributed by atoms with Crippen molar-refractivity contribution in [3.63, 3.8) is 0 Å². The van der Waals surface area contributed by atoms with Crippen molar-refractivity contribution >= 4 is 45.6 Å². The van der Waals surface area contributed by atoms with E-state index in [1.165, 1.54) is 11.3 Å². The van der Waals surface area contributed by atoms with Crippen LogP contribution in [0.5, 0.6) is 0 Å². The molecule has 1 N–H and O–H groups in total. The van der Waals surface area contributed by atoms with Crippen molar-refractivity contribution in [3.05, 3.63) is 63.7 Å². The molecular formula is C15H9Cl2N3OS. The summed E-state index contributed by atoms with van der Waals surface area (Å²) in [5.74, 6) is -0.348. The lowest BCUT2D eigenvalue weighted by Crippen LogP contribution is -2.12. The molecule has 0 aliphatic heterocycles.